The number of hydrogen-bond acceptors (Lipinski definition) is 3. The van der Waals surface area contributed by atoms with Crippen molar-refractivity contribution < 1.29 is 14.3 Å². The lowest BCUT2D eigenvalue weighted by atomic mass is 9.67. The number of aromatic nitrogens is 1. The zero-order valence-electron chi connectivity index (χ0n) is 12.8. The molecule has 2 N–H and O–H groups in total. The molecule has 1 saturated heterocycles. The molecule has 0 radical (unpaired) electrons. The highest BCUT2D eigenvalue weighted by molar-refractivity contribution is 6.35. The maximum absolute atomic E-state index is 12.6. The predicted molar refractivity (Wildman–Crippen MR) is 87.8 cm³/mol. The summed E-state index contributed by atoms with van der Waals surface area (Å²) in [6.45, 7) is 1.37. The lowest BCUT2D eigenvalue weighted by molar-refractivity contribution is -0.0810. The number of hydrogen-bond donors (Lipinski definition) is 2. The van der Waals surface area contributed by atoms with Gasteiger partial charge in [-0.1, -0.05) is 17.7 Å². The number of amides is 1. The van der Waals surface area contributed by atoms with Crippen LogP contribution in [0.2, 0.25) is 5.02 Å². The van der Waals surface area contributed by atoms with Crippen molar-refractivity contribution in [3.8, 4) is 0 Å². The molecule has 0 bridgehead atoms. The van der Waals surface area contributed by atoms with Gasteiger partial charge >= 0.3 is 0 Å². The van der Waals surface area contributed by atoms with Gasteiger partial charge in [0.25, 0.3) is 5.91 Å². The van der Waals surface area contributed by atoms with E-state index in [0.29, 0.717) is 23.2 Å². The lowest BCUT2D eigenvalue weighted by Crippen LogP contribution is -2.62. The number of rotatable bonds is 4. The third-order valence-corrected chi connectivity index (χ3v) is 5.37. The van der Waals surface area contributed by atoms with Crippen molar-refractivity contribution in [1.82, 2.24) is 10.3 Å². The second-order valence-electron chi connectivity index (χ2n) is 6.29. The van der Waals surface area contributed by atoms with Crippen molar-refractivity contribution in [2.45, 2.75) is 18.6 Å². The summed E-state index contributed by atoms with van der Waals surface area (Å²) < 4.78 is 11.0. The zero-order chi connectivity index (χ0) is 16.0. The monoisotopic (exact) mass is 334 g/mol. The molecule has 0 unspecified atom stereocenters. The minimum Gasteiger partial charge on any atom is -0.384 e. The quantitative estimate of drug-likeness (QED) is 0.903. The van der Waals surface area contributed by atoms with Crippen molar-refractivity contribution >= 4 is 28.4 Å². The molecule has 23 heavy (non-hydrogen) atoms. The van der Waals surface area contributed by atoms with Crippen molar-refractivity contribution in [3.63, 3.8) is 0 Å². The third kappa shape index (κ3) is 2.43. The van der Waals surface area contributed by atoms with Gasteiger partial charge in [-0.05, 0) is 24.6 Å². The van der Waals surface area contributed by atoms with Crippen molar-refractivity contribution in [2.75, 3.05) is 20.3 Å². The Hall–Kier alpha value is -1.56. The van der Waals surface area contributed by atoms with Crippen LogP contribution < -0.4 is 5.32 Å². The largest absolute Gasteiger partial charge is 0.384 e. The Morgan fingerprint density at radius 3 is 3.17 bits per heavy atom. The normalized spacial score (nSPS) is 29.3. The first-order valence-electron chi connectivity index (χ1n) is 7.87. The summed E-state index contributed by atoms with van der Waals surface area (Å²) in [4.78, 5) is 15.7. The van der Waals surface area contributed by atoms with Crippen LogP contribution in [0.4, 0.5) is 0 Å². The molecule has 1 aliphatic heterocycles. The van der Waals surface area contributed by atoms with Crippen molar-refractivity contribution in [3.05, 3.63) is 35.0 Å². The number of fused-ring (bicyclic) bond motifs is 2. The van der Waals surface area contributed by atoms with Gasteiger partial charge in [0.05, 0.1) is 12.7 Å². The fourth-order valence-corrected chi connectivity index (χ4v) is 4.13. The molecule has 6 heteroatoms. The predicted octanol–water partition coefficient (Wildman–Crippen LogP) is 2.60. The van der Waals surface area contributed by atoms with E-state index in [1.807, 2.05) is 18.2 Å². The molecule has 1 aliphatic carbocycles. The minimum atomic E-state index is -0.103. The van der Waals surface area contributed by atoms with Gasteiger partial charge in [0, 0.05) is 47.5 Å². The Kier molecular flexibility index (Phi) is 3.79. The second kappa shape index (κ2) is 5.82. The first-order valence-corrected chi connectivity index (χ1v) is 8.25. The molecule has 122 valence electrons. The molecular formula is C17H19ClN2O3. The van der Waals surface area contributed by atoms with Crippen LogP contribution in [0.25, 0.3) is 10.9 Å². The Labute approximate surface area is 139 Å². The highest BCUT2D eigenvalue weighted by atomic mass is 35.5. The van der Waals surface area contributed by atoms with Crippen LogP contribution in [0.15, 0.2) is 24.3 Å². The van der Waals surface area contributed by atoms with Gasteiger partial charge in [-0.2, -0.15) is 0 Å². The van der Waals surface area contributed by atoms with E-state index in [4.69, 9.17) is 21.1 Å². The van der Waals surface area contributed by atoms with Gasteiger partial charge < -0.3 is 19.8 Å². The summed E-state index contributed by atoms with van der Waals surface area (Å²) in [6.07, 6.45) is 1.21. The average Bonchev–Trinajstić information content (AvgIpc) is 3.15. The molecule has 5 nitrogen and oxygen atoms in total. The zero-order valence-corrected chi connectivity index (χ0v) is 13.6. The molecule has 2 aliphatic rings. The van der Waals surface area contributed by atoms with E-state index in [1.165, 1.54) is 0 Å². The number of aromatic amines is 1. The van der Waals surface area contributed by atoms with E-state index in [9.17, 15) is 4.79 Å². The number of carbonyl (C=O) groups excluding carboxylic acids is 1. The SMILES string of the molecule is COC[C@H]1[C@H](NC(=O)c2cc3c(Cl)cccc3[nH]2)[C@H]2CCO[C@H]21. The maximum Gasteiger partial charge on any atom is 0.267 e. The molecule has 1 amide bonds. The molecule has 1 aromatic carbocycles. The van der Waals surface area contributed by atoms with Crippen molar-refractivity contribution in [1.29, 1.82) is 0 Å². The summed E-state index contributed by atoms with van der Waals surface area (Å²) in [5, 5.41) is 4.65. The minimum absolute atomic E-state index is 0.103. The number of halogens is 1. The highest BCUT2D eigenvalue weighted by Crippen LogP contribution is 2.43. The first-order chi connectivity index (χ1) is 11.2. The van der Waals surface area contributed by atoms with Gasteiger partial charge in [0.2, 0.25) is 0 Å². The van der Waals surface area contributed by atoms with E-state index in [-0.39, 0.29) is 24.0 Å². The van der Waals surface area contributed by atoms with Crippen LogP contribution in [-0.4, -0.2) is 43.4 Å². The number of benzene rings is 1. The highest BCUT2D eigenvalue weighted by Gasteiger charge is 2.54. The third-order valence-electron chi connectivity index (χ3n) is 5.04. The van der Waals surface area contributed by atoms with Gasteiger partial charge in [-0.3, -0.25) is 4.79 Å². The van der Waals surface area contributed by atoms with Gasteiger partial charge in [-0.25, -0.2) is 0 Å². The summed E-state index contributed by atoms with van der Waals surface area (Å²) in [5.74, 6) is 0.519. The Morgan fingerprint density at radius 2 is 2.39 bits per heavy atom. The smallest absolute Gasteiger partial charge is 0.267 e. The maximum atomic E-state index is 12.6. The van der Waals surface area contributed by atoms with Crippen molar-refractivity contribution in [2.24, 2.45) is 11.8 Å². The molecule has 2 aromatic rings. The average molecular weight is 335 g/mol. The second-order valence-corrected chi connectivity index (χ2v) is 6.70. The van der Waals surface area contributed by atoms with Crippen LogP contribution in [-0.2, 0) is 9.47 Å². The van der Waals surface area contributed by atoms with Gasteiger partial charge in [-0.15, -0.1) is 0 Å². The molecule has 0 spiro atoms. The summed E-state index contributed by atoms with van der Waals surface area (Å²) in [6, 6.07) is 7.51. The Balaban J connectivity index is 1.53. The molecule has 4 rings (SSSR count). The summed E-state index contributed by atoms with van der Waals surface area (Å²) >= 11 is 6.17. The van der Waals surface area contributed by atoms with E-state index < -0.39 is 0 Å². The van der Waals surface area contributed by atoms with E-state index in [1.54, 1.807) is 13.2 Å². The van der Waals surface area contributed by atoms with Gasteiger partial charge in [0.15, 0.2) is 0 Å². The van der Waals surface area contributed by atoms with Crippen LogP contribution in [0.1, 0.15) is 16.9 Å². The number of H-pyrrole nitrogens is 1. The molecule has 1 saturated carbocycles. The van der Waals surface area contributed by atoms with E-state index >= 15 is 0 Å². The number of nitrogens with one attached hydrogen (secondary N) is 2. The molecule has 1 aromatic heterocycles. The number of methoxy groups -OCH3 is 1. The molecule has 2 fully saturated rings. The molecule has 2 heterocycles. The standard InChI is InChI=1S/C17H19ClN2O3/c1-22-8-11-15(9-5-6-23-16(9)11)20-17(21)14-7-10-12(18)3-2-4-13(10)19-14/h2-4,7,9,11,15-16,19H,5-6,8H2,1H3,(H,20,21)/t9-,11+,15-,16-/m1/s1. The topological polar surface area (TPSA) is 63.3 Å². The first kappa shape index (κ1) is 15.0. The van der Waals surface area contributed by atoms with Gasteiger partial charge in [0.1, 0.15) is 5.69 Å². The van der Waals surface area contributed by atoms with Crippen LogP contribution in [0.5, 0.6) is 0 Å². The summed E-state index contributed by atoms with van der Waals surface area (Å²) in [7, 11) is 1.68. The fourth-order valence-electron chi connectivity index (χ4n) is 3.90. The fraction of sp³-hybridized carbons (Fsp3) is 0.471. The van der Waals surface area contributed by atoms with Crippen LogP contribution in [0.3, 0.4) is 0 Å². The lowest BCUT2D eigenvalue weighted by Gasteiger charge is -2.47. The van der Waals surface area contributed by atoms with E-state index in [2.05, 4.69) is 10.3 Å². The Morgan fingerprint density at radius 1 is 1.52 bits per heavy atom. The number of carbonyl (C=O) groups is 1. The number of ether oxygens (including phenoxy) is 2. The van der Waals surface area contributed by atoms with E-state index in [0.717, 1.165) is 23.9 Å². The summed E-state index contributed by atoms with van der Waals surface area (Å²) in [5.41, 5.74) is 1.40. The molecule has 4 atom stereocenters. The van der Waals surface area contributed by atoms with Crippen LogP contribution >= 0.6 is 11.6 Å². The van der Waals surface area contributed by atoms with Crippen LogP contribution in [0, 0.1) is 11.8 Å². The molecular weight excluding hydrogens is 316 g/mol. The Bertz CT molecular complexity index is 745.